The number of hydrogen-bond acceptors (Lipinski definition) is 5. The van der Waals surface area contributed by atoms with E-state index in [9.17, 15) is 9.59 Å². The number of aryl methyl sites for hydroxylation is 2. The number of benzene rings is 2. The van der Waals surface area contributed by atoms with Gasteiger partial charge in [0.2, 0.25) is 17.6 Å². The Morgan fingerprint density at radius 3 is 2.64 bits per heavy atom. The summed E-state index contributed by atoms with van der Waals surface area (Å²) in [5, 5.41) is 7.31. The summed E-state index contributed by atoms with van der Waals surface area (Å²) in [4.78, 5) is 28.1. The predicted molar refractivity (Wildman–Crippen MR) is 106 cm³/mol. The molecule has 3 N–H and O–H groups in total. The maximum absolute atomic E-state index is 12.2. The number of rotatable bonds is 7. The number of hydrogen-bond donors (Lipinski definition) is 2. The van der Waals surface area contributed by atoms with Gasteiger partial charge in [-0.15, -0.1) is 0 Å². The van der Waals surface area contributed by atoms with E-state index in [1.807, 2.05) is 12.1 Å². The molecule has 2 amide bonds. The van der Waals surface area contributed by atoms with Gasteiger partial charge in [0.15, 0.2) is 0 Å². The van der Waals surface area contributed by atoms with Gasteiger partial charge in [0.1, 0.15) is 0 Å². The molecule has 0 atom stereocenters. The first-order chi connectivity index (χ1) is 13.4. The lowest BCUT2D eigenvalue weighted by molar-refractivity contribution is -0.116. The minimum absolute atomic E-state index is 0.217. The molecule has 2 aromatic carbocycles. The van der Waals surface area contributed by atoms with Crippen molar-refractivity contribution in [1.82, 2.24) is 10.1 Å². The van der Waals surface area contributed by atoms with Crippen LogP contribution in [0, 0.1) is 6.92 Å². The van der Waals surface area contributed by atoms with Gasteiger partial charge >= 0.3 is 0 Å². The Morgan fingerprint density at radius 1 is 1.18 bits per heavy atom. The van der Waals surface area contributed by atoms with Crippen LogP contribution in [0.3, 0.4) is 0 Å². The number of carbonyl (C=O) groups excluding carboxylic acids is 2. The summed E-state index contributed by atoms with van der Waals surface area (Å²) in [6.45, 7) is 1.77. The quantitative estimate of drug-likeness (QED) is 0.629. The number of carbonyl (C=O) groups is 2. The molecule has 0 unspecified atom stereocenters. The number of nitrogens with two attached hydrogens (primary N) is 1. The molecule has 1 aromatic heterocycles. The Balaban J connectivity index is 1.55. The third-order valence-corrected chi connectivity index (χ3v) is 4.41. The van der Waals surface area contributed by atoms with Crippen LogP contribution in [0.4, 0.5) is 5.69 Å². The highest BCUT2D eigenvalue weighted by Gasteiger charge is 2.14. The fraction of sp³-hybridized carbons (Fsp3) is 0.200. The molecule has 0 saturated heterocycles. The van der Waals surface area contributed by atoms with Gasteiger partial charge < -0.3 is 15.6 Å². The zero-order chi connectivity index (χ0) is 20.1. The average Bonchev–Trinajstić information content (AvgIpc) is 3.11. The summed E-state index contributed by atoms with van der Waals surface area (Å²) in [5.41, 5.74) is 7.65. The fourth-order valence-corrected chi connectivity index (χ4v) is 2.91. The number of amides is 2. The Bertz CT molecular complexity index is 999. The van der Waals surface area contributed by atoms with E-state index in [0.29, 0.717) is 46.4 Å². The minimum atomic E-state index is -0.575. The number of halogens is 1. The normalized spacial score (nSPS) is 10.6. The van der Waals surface area contributed by atoms with Gasteiger partial charge in [0.25, 0.3) is 5.91 Å². The first-order valence-corrected chi connectivity index (χ1v) is 9.09. The van der Waals surface area contributed by atoms with E-state index in [1.54, 1.807) is 37.3 Å². The van der Waals surface area contributed by atoms with Crippen molar-refractivity contribution in [2.75, 3.05) is 5.32 Å². The first-order valence-electron chi connectivity index (χ1n) is 8.72. The van der Waals surface area contributed by atoms with E-state index in [4.69, 9.17) is 21.9 Å². The van der Waals surface area contributed by atoms with Crippen LogP contribution in [0.25, 0.3) is 11.4 Å². The highest BCUT2D eigenvalue weighted by atomic mass is 35.5. The molecule has 0 aliphatic heterocycles. The molecule has 0 spiro atoms. The van der Waals surface area contributed by atoms with Gasteiger partial charge in [-0.05, 0) is 49.2 Å². The minimum Gasteiger partial charge on any atom is -0.366 e. The number of aromatic nitrogens is 2. The maximum Gasteiger partial charge on any atom is 0.251 e. The van der Waals surface area contributed by atoms with Crippen LogP contribution in [-0.2, 0) is 11.2 Å². The van der Waals surface area contributed by atoms with Crippen LogP contribution in [0.1, 0.15) is 34.7 Å². The second-order valence-electron chi connectivity index (χ2n) is 6.28. The highest BCUT2D eigenvalue weighted by molar-refractivity contribution is 6.30. The van der Waals surface area contributed by atoms with Gasteiger partial charge in [-0.25, -0.2) is 0 Å². The molecule has 3 rings (SSSR count). The van der Waals surface area contributed by atoms with Crippen LogP contribution in [0.2, 0.25) is 5.02 Å². The lowest BCUT2D eigenvalue weighted by Gasteiger charge is -2.10. The van der Waals surface area contributed by atoms with Gasteiger partial charge in [-0.2, -0.15) is 4.98 Å². The largest absolute Gasteiger partial charge is 0.366 e. The SMILES string of the molecule is Cc1cccc(NC(=O)CCCc2nc(-c3ccc(Cl)cc3)no2)c1C(N)=O. The summed E-state index contributed by atoms with van der Waals surface area (Å²) >= 11 is 5.87. The van der Waals surface area contributed by atoms with E-state index >= 15 is 0 Å². The summed E-state index contributed by atoms with van der Waals surface area (Å²) in [7, 11) is 0. The van der Waals surface area contributed by atoms with E-state index in [2.05, 4.69) is 15.5 Å². The highest BCUT2D eigenvalue weighted by Crippen LogP contribution is 2.20. The molecule has 0 fully saturated rings. The Morgan fingerprint density at radius 2 is 1.93 bits per heavy atom. The van der Waals surface area contributed by atoms with Gasteiger partial charge in [-0.1, -0.05) is 28.9 Å². The van der Waals surface area contributed by atoms with Gasteiger partial charge in [-0.3, -0.25) is 9.59 Å². The van der Waals surface area contributed by atoms with Crippen molar-refractivity contribution in [2.24, 2.45) is 5.73 Å². The number of anilines is 1. The predicted octanol–water partition coefficient (Wildman–Crippen LogP) is 3.76. The lowest BCUT2D eigenvalue weighted by atomic mass is 10.1. The van der Waals surface area contributed by atoms with E-state index in [1.165, 1.54) is 0 Å². The van der Waals surface area contributed by atoms with Crippen molar-refractivity contribution in [2.45, 2.75) is 26.2 Å². The molecule has 8 heteroatoms. The molecule has 7 nitrogen and oxygen atoms in total. The molecule has 1 heterocycles. The molecule has 28 heavy (non-hydrogen) atoms. The Kier molecular flexibility index (Phi) is 6.06. The van der Waals surface area contributed by atoms with Crippen molar-refractivity contribution in [3.8, 4) is 11.4 Å². The van der Waals surface area contributed by atoms with Crippen molar-refractivity contribution >= 4 is 29.1 Å². The third-order valence-electron chi connectivity index (χ3n) is 4.16. The smallest absolute Gasteiger partial charge is 0.251 e. The molecule has 3 aromatic rings. The van der Waals surface area contributed by atoms with Gasteiger partial charge in [0.05, 0.1) is 11.3 Å². The van der Waals surface area contributed by atoms with Gasteiger partial charge in [0, 0.05) is 23.4 Å². The molecular weight excluding hydrogens is 380 g/mol. The van der Waals surface area contributed by atoms with Crippen LogP contribution < -0.4 is 11.1 Å². The summed E-state index contributed by atoms with van der Waals surface area (Å²) < 4.78 is 5.23. The molecule has 0 saturated carbocycles. The van der Waals surface area contributed by atoms with E-state index in [-0.39, 0.29) is 12.3 Å². The zero-order valence-corrected chi connectivity index (χ0v) is 16.0. The van der Waals surface area contributed by atoms with Crippen LogP contribution in [-0.4, -0.2) is 22.0 Å². The van der Waals surface area contributed by atoms with Crippen molar-refractivity contribution < 1.29 is 14.1 Å². The second kappa shape index (κ2) is 8.67. The third kappa shape index (κ3) is 4.75. The summed E-state index contributed by atoms with van der Waals surface area (Å²) in [5.74, 6) is 0.132. The Hall–Kier alpha value is -3.19. The van der Waals surface area contributed by atoms with Crippen LogP contribution in [0.5, 0.6) is 0 Å². The van der Waals surface area contributed by atoms with E-state index in [0.717, 1.165) is 5.56 Å². The number of primary amides is 1. The molecule has 0 aliphatic carbocycles. The molecule has 0 aliphatic rings. The van der Waals surface area contributed by atoms with Crippen LogP contribution >= 0.6 is 11.6 Å². The Labute approximate surface area is 166 Å². The average molecular weight is 399 g/mol. The summed E-state index contributed by atoms with van der Waals surface area (Å²) in [6.07, 6.45) is 1.22. The summed E-state index contributed by atoms with van der Waals surface area (Å²) in [6, 6.07) is 12.3. The van der Waals surface area contributed by atoms with Crippen molar-refractivity contribution in [3.63, 3.8) is 0 Å². The molecule has 144 valence electrons. The van der Waals surface area contributed by atoms with Crippen molar-refractivity contribution in [3.05, 3.63) is 64.5 Å². The van der Waals surface area contributed by atoms with Crippen LogP contribution in [0.15, 0.2) is 47.0 Å². The second-order valence-corrected chi connectivity index (χ2v) is 6.72. The standard InChI is InChI=1S/C20H19ClN4O3/c1-12-4-2-5-15(18(12)19(22)27)23-16(26)6-3-7-17-24-20(25-28-17)13-8-10-14(21)11-9-13/h2,4-5,8-11H,3,6-7H2,1H3,(H2,22,27)(H,23,26). The first kappa shape index (κ1) is 19.6. The van der Waals surface area contributed by atoms with E-state index < -0.39 is 5.91 Å². The monoisotopic (exact) mass is 398 g/mol. The molecular formula is C20H19ClN4O3. The van der Waals surface area contributed by atoms with Crippen molar-refractivity contribution in [1.29, 1.82) is 0 Å². The maximum atomic E-state index is 12.2. The lowest BCUT2D eigenvalue weighted by Crippen LogP contribution is -2.19. The topological polar surface area (TPSA) is 111 Å². The molecule has 0 bridgehead atoms. The number of nitrogens with one attached hydrogen (secondary N) is 1. The fourth-order valence-electron chi connectivity index (χ4n) is 2.78. The molecule has 0 radical (unpaired) electrons. The number of nitrogens with zero attached hydrogens (tertiary/aromatic N) is 2. The zero-order valence-electron chi connectivity index (χ0n) is 15.2.